The molecule has 3 aliphatic heterocycles. The lowest BCUT2D eigenvalue weighted by Gasteiger charge is -2.45. The monoisotopic (exact) mass is 256 g/mol. The van der Waals surface area contributed by atoms with Crippen molar-refractivity contribution in [1.29, 1.82) is 0 Å². The summed E-state index contributed by atoms with van der Waals surface area (Å²) < 4.78 is 2.08. The molecule has 2 aromatic rings. The third-order valence-corrected chi connectivity index (χ3v) is 4.71. The van der Waals surface area contributed by atoms with E-state index in [2.05, 4.69) is 44.3 Å². The summed E-state index contributed by atoms with van der Waals surface area (Å²) in [5, 5.41) is 9.41. The normalized spacial score (nSPS) is 30.0. The van der Waals surface area contributed by atoms with Crippen LogP contribution < -0.4 is 5.32 Å². The molecule has 0 spiro atoms. The predicted octanol–water partition coefficient (Wildman–Crippen LogP) is 1.68. The van der Waals surface area contributed by atoms with Crippen LogP contribution in [0.2, 0.25) is 0 Å². The number of nitrogens with one attached hydrogen (secondary N) is 1. The van der Waals surface area contributed by atoms with Crippen LogP contribution in [0.1, 0.15) is 12.8 Å². The molecule has 4 heteroatoms. The van der Waals surface area contributed by atoms with Crippen molar-refractivity contribution in [1.82, 2.24) is 20.0 Å². The van der Waals surface area contributed by atoms with Gasteiger partial charge in [0, 0.05) is 18.0 Å². The zero-order valence-corrected chi connectivity index (χ0v) is 11.1. The van der Waals surface area contributed by atoms with E-state index >= 15 is 0 Å². The van der Waals surface area contributed by atoms with Gasteiger partial charge in [-0.2, -0.15) is 5.10 Å². The van der Waals surface area contributed by atoms with E-state index in [4.69, 9.17) is 0 Å². The fourth-order valence-corrected chi connectivity index (χ4v) is 3.55. The molecule has 5 rings (SSSR count). The van der Waals surface area contributed by atoms with Gasteiger partial charge in [0.25, 0.3) is 0 Å². The molecule has 3 saturated heterocycles. The maximum atomic E-state index is 4.48. The van der Waals surface area contributed by atoms with E-state index in [-0.39, 0.29) is 0 Å². The van der Waals surface area contributed by atoms with Crippen LogP contribution in [-0.2, 0) is 6.67 Å². The van der Waals surface area contributed by atoms with Crippen molar-refractivity contribution in [2.75, 3.05) is 19.6 Å². The van der Waals surface area contributed by atoms with E-state index in [0.29, 0.717) is 6.04 Å². The van der Waals surface area contributed by atoms with Crippen LogP contribution in [0.3, 0.4) is 0 Å². The number of rotatable bonds is 3. The molecule has 0 radical (unpaired) electrons. The van der Waals surface area contributed by atoms with Gasteiger partial charge in [-0.15, -0.1) is 0 Å². The van der Waals surface area contributed by atoms with Gasteiger partial charge in [-0.25, -0.2) is 0 Å². The van der Waals surface area contributed by atoms with Gasteiger partial charge in [-0.1, -0.05) is 18.2 Å². The number of para-hydroxylation sites is 1. The van der Waals surface area contributed by atoms with Crippen molar-refractivity contribution < 1.29 is 0 Å². The van der Waals surface area contributed by atoms with Gasteiger partial charge in [0.15, 0.2) is 0 Å². The van der Waals surface area contributed by atoms with Crippen LogP contribution in [0.5, 0.6) is 0 Å². The second-order valence-electron chi connectivity index (χ2n) is 5.81. The fourth-order valence-electron chi connectivity index (χ4n) is 3.55. The highest BCUT2D eigenvalue weighted by Gasteiger charge is 2.33. The van der Waals surface area contributed by atoms with Crippen molar-refractivity contribution in [2.24, 2.45) is 5.92 Å². The zero-order valence-electron chi connectivity index (χ0n) is 11.1. The van der Waals surface area contributed by atoms with E-state index in [0.717, 1.165) is 12.6 Å². The number of nitrogens with zero attached hydrogens (tertiary/aromatic N) is 3. The van der Waals surface area contributed by atoms with E-state index < -0.39 is 0 Å². The molecule has 1 aromatic carbocycles. The second kappa shape index (κ2) is 4.62. The number of piperidine rings is 3. The summed E-state index contributed by atoms with van der Waals surface area (Å²) in [6, 6.07) is 9.04. The van der Waals surface area contributed by atoms with E-state index in [9.17, 15) is 0 Å². The average Bonchev–Trinajstić information content (AvgIpc) is 2.90. The van der Waals surface area contributed by atoms with Crippen molar-refractivity contribution in [3.05, 3.63) is 30.5 Å². The molecule has 1 aromatic heterocycles. The zero-order chi connectivity index (χ0) is 12.7. The first-order chi connectivity index (χ1) is 9.40. The molecule has 100 valence electrons. The first-order valence-electron chi connectivity index (χ1n) is 7.26. The highest BCUT2D eigenvalue weighted by molar-refractivity contribution is 5.78. The first kappa shape index (κ1) is 11.4. The number of fused-ring (bicyclic) bond motifs is 4. The van der Waals surface area contributed by atoms with Gasteiger partial charge < -0.3 is 4.90 Å². The molecular weight excluding hydrogens is 236 g/mol. The van der Waals surface area contributed by atoms with Crippen LogP contribution in [0.25, 0.3) is 10.9 Å². The molecule has 1 unspecified atom stereocenters. The Kier molecular flexibility index (Phi) is 2.78. The minimum absolute atomic E-state index is 0.644. The lowest BCUT2D eigenvalue weighted by Crippen LogP contribution is -2.56. The molecule has 4 heterocycles. The summed E-state index contributed by atoms with van der Waals surface area (Å²) in [7, 11) is 0. The highest BCUT2D eigenvalue weighted by Crippen LogP contribution is 2.27. The minimum atomic E-state index is 0.644. The highest BCUT2D eigenvalue weighted by atomic mass is 15.3. The summed E-state index contributed by atoms with van der Waals surface area (Å²) in [5.74, 6) is 0.867. The Morgan fingerprint density at radius 1 is 1.21 bits per heavy atom. The van der Waals surface area contributed by atoms with Crippen molar-refractivity contribution >= 4 is 10.9 Å². The van der Waals surface area contributed by atoms with E-state index in [1.165, 1.54) is 43.4 Å². The summed E-state index contributed by atoms with van der Waals surface area (Å²) in [5.41, 5.74) is 1.22. The maximum Gasteiger partial charge on any atom is 0.0913 e. The molecule has 3 aliphatic rings. The largest absolute Gasteiger partial charge is 0.302 e. The Morgan fingerprint density at radius 2 is 2.05 bits per heavy atom. The molecule has 19 heavy (non-hydrogen) atoms. The van der Waals surface area contributed by atoms with E-state index in [1.54, 1.807) is 0 Å². The second-order valence-corrected chi connectivity index (χ2v) is 5.81. The van der Waals surface area contributed by atoms with Crippen LogP contribution in [0.4, 0.5) is 0 Å². The molecular formula is C15H20N4. The molecule has 3 fully saturated rings. The minimum Gasteiger partial charge on any atom is -0.302 e. The third-order valence-electron chi connectivity index (χ3n) is 4.71. The smallest absolute Gasteiger partial charge is 0.0913 e. The Morgan fingerprint density at radius 3 is 2.84 bits per heavy atom. The maximum absolute atomic E-state index is 4.48. The molecule has 1 N–H and O–H groups in total. The average molecular weight is 256 g/mol. The van der Waals surface area contributed by atoms with E-state index in [1.807, 2.05) is 6.20 Å². The van der Waals surface area contributed by atoms with Gasteiger partial charge in [-0.05, 0) is 37.9 Å². The van der Waals surface area contributed by atoms with Gasteiger partial charge in [0.1, 0.15) is 0 Å². The van der Waals surface area contributed by atoms with Gasteiger partial charge >= 0.3 is 0 Å². The summed E-state index contributed by atoms with van der Waals surface area (Å²) in [6.07, 6.45) is 4.67. The van der Waals surface area contributed by atoms with Crippen molar-refractivity contribution in [3.63, 3.8) is 0 Å². The Labute approximate surface area is 113 Å². The molecule has 4 nitrogen and oxygen atoms in total. The van der Waals surface area contributed by atoms with Gasteiger partial charge in [0.2, 0.25) is 0 Å². The van der Waals surface area contributed by atoms with Crippen LogP contribution in [0.15, 0.2) is 30.5 Å². The first-order valence-corrected chi connectivity index (χ1v) is 7.26. The lowest BCUT2D eigenvalue weighted by atomic mass is 9.84. The number of benzene rings is 1. The molecule has 0 amide bonds. The lowest BCUT2D eigenvalue weighted by molar-refractivity contribution is 0.0685. The van der Waals surface area contributed by atoms with Crippen LogP contribution in [0, 0.1) is 5.92 Å². The molecule has 0 saturated carbocycles. The number of aromatic nitrogens is 2. The topological polar surface area (TPSA) is 33.1 Å². The van der Waals surface area contributed by atoms with Crippen molar-refractivity contribution in [3.8, 4) is 0 Å². The molecule has 0 aliphatic carbocycles. The number of hydrogen-bond donors (Lipinski definition) is 1. The Balaban J connectivity index is 1.47. The number of hydrogen-bond acceptors (Lipinski definition) is 3. The summed E-state index contributed by atoms with van der Waals surface area (Å²) >= 11 is 0. The Hall–Kier alpha value is -1.39. The third kappa shape index (κ3) is 2.05. The van der Waals surface area contributed by atoms with Crippen LogP contribution >= 0.6 is 0 Å². The van der Waals surface area contributed by atoms with Gasteiger partial charge in [-0.3, -0.25) is 10.00 Å². The summed E-state index contributed by atoms with van der Waals surface area (Å²) in [4.78, 5) is 2.58. The quantitative estimate of drug-likeness (QED) is 0.907. The molecule has 2 bridgehead atoms. The Bertz CT molecular complexity index is 568. The summed E-state index contributed by atoms with van der Waals surface area (Å²) in [6.45, 7) is 4.63. The van der Waals surface area contributed by atoms with Crippen LogP contribution in [-0.4, -0.2) is 40.4 Å². The predicted molar refractivity (Wildman–Crippen MR) is 75.8 cm³/mol. The fraction of sp³-hybridized carbons (Fsp3) is 0.533. The van der Waals surface area contributed by atoms with Gasteiger partial charge in [0.05, 0.1) is 18.4 Å². The molecule has 1 atom stereocenters. The standard InChI is InChI=1S/C15H20N4/c1-2-4-15-13(3-1)9-17-19(15)11-16-14-10-18-7-5-12(14)6-8-18/h1-4,9,12,14,16H,5-8,10-11H2. The van der Waals surface area contributed by atoms with Crippen molar-refractivity contribution in [2.45, 2.75) is 25.6 Å². The SMILES string of the molecule is c1ccc2c(c1)cnn2CNC1CN2CCC1CC2.